The number of carbonyl (C=O) groups is 2. The van der Waals surface area contributed by atoms with E-state index >= 15 is 0 Å². The van der Waals surface area contributed by atoms with Gasteiger partial charge in [-0.05, 0) is 32.6 Å². The molecule has 4 aliphatic carbocycles. The van der Waals surface area contributed by atoms with E-state index in [1.807, 2.05) is 18.2 Å². The van der Waals surface area contributed by atoms with E-state index in [2.05, 4.69) is 33.1 Å². The van der Waals surface area contributed by atoms with Crippen molar-refractivity contribution in [1.29, 1.82) is 0 Å². The summed E-state index contributed by atoms with van der Waals surface area (Å²) in [6.07, 6.45) is 11.3. The third kappa shape index (κ3) is 3.15. The van der Waals surface area contributed by atoms with Crippen molar-refractivity contribution >= 4 is 11.6 Å². The van der Waals surface area contributed by atoms with Gasteiger partial charge in [-0.25, -0.2) is 0 Å². The number of epoxide rings is 2. The van der Waals surface area contributed by atoms with E-state index in [0.717, 1.165) is 31.3 Å². The van der Waals surface area contributed by atoms with Gasteiger partial charge in [0, 0.05) is 36.0 Å². The number of rotatable bonds is 12. The van der Waals surface area contributed by atoms with Crippen molar-refractivity contribution in [2.75, 3.05) is 39.6 Å². The van der Waals surface area contributed by atoms with Crippen molar-refractivity contribution in [2.45, 2.75) is 50.7 Å². The predicted octanol–water partition coefficient (Wildman–Crippen LogP) is 3.77. The monoisotopic (exact) mass is 468 g/mol. The highest BCUT2D eigenvalue weighted by Gasteiger charge is 2.83. The molecule has 6 nitrogen and oxygen atoms in total. The highest BCUT2D eigenvalue weighted by Crippen LogP contribution is 2.73. The normalized spacial score (nSPS) is 41.4. The van der Waals surface area contributed by atoms with Crippen molar-refractivity contribution < 1.29 is 28.5 Å². The van der Waals surface area contributed by atoms with E-state index in [1.165, 1.54) is 0 Å². The van der Waals surface area contributed by atoms with Crippen LogP contribution in [-0.2, 0) is 28.5 Å². The molecule has 0 aromatic rings. The zero-order valence-electron chi connectivity index (χ0n) is 20.4. The molecular weight excluding hydrogens is 432 g/mol. The lowest BCUT2D eigenvalue weighted by molar-refractivity contribution is -0.172. The molecule has 184 valence electrons. The number of ether oxygens (including phenoxy) is 4. The number of hydrogen-bond donors (Lipinski definition) is 0. The Morgan fingerprint density at radius 1 is 1.03 bits per heavy atom. The molecule has 2 aliphatic heterocycles. The SMILES string of the molecule is C=CCCCOCC1=CC2(C)C(C3C(C)=CC2(COCCCC=C)C(=O)C32CO2)C2(CO2)C1=O. The van der Waals surface area contributed by atoms with Crippen LogP contribution in [0.3, 0.4) is 0 Å². The summed E-state index contributed by atoms with van der Waals surface area (Å²) in [5, 5.41) is 0. The van der Waals surface area contributed by atoms with Gasteiger partial charge in [0.2, 0.25) is 0 Å². The van der Waals surface area contributed by atoms with Crippen LogP contribution in [0.1, 0.15) is 39.5 Å². The van der Waals surface area contributed by atoms with Gasteiger partial charge in [-0.1, -0.05) is 36.8 Å². The van der Waals surface area contributed by atoms with E-state index in [0.29, 0.717) is 32.0 Å². The third-order valence-corrected chi connectivity index (χ3v) is 8.74. The summed E-state index contributed by atoms with van der Waals surface area (Å²) in [5.74, 6) is -0.237. The molecule has 2 spiro atoms. The van der Waals surface area contributed by atoms with Gasteiger partial charge < -0.3 is 18.9 Å². The maximum atomic E-state index is 14.1. The molecule has 2 bridgehead atoms. The maximum absolute atomic E-state index is 14.1. The molecule has 6 heteroatoms. The topological polar surface area (TPSA) is 77.7 Å². The number of carbonyl (C=O) groups excluding carboxylic acids is 2. The van der Waals surface area contributed by atoms with Gasteiger partial charge in [0.25, 0.3) is 0 Å². The second-order valence-corrected chi connectivity index (χ2v) is 10.7. The number of hydrogen-bond acceptors (Lipinski definition) is 6. The molecule has 6 atom stereocenters. The number of allylic oxidation sites excluding steroid dienone is 3. The van der Waals surface area contributed by atoms with Crippen LogP contribution in [-0.4, -0.2) is 62.4 Å². The first-order valence-electron chi connectivity index (χ1n) is 12.5. The average molecular weight is 469 g/mol. The molecule has 6 aliphatic rings. The lowest BCUT2D eigenvalue weighted by Crippen LogP contribution is -2.72. The average Bonchev–Trinajstić information content (AvgIpc) is 3.73. The lowest BCUT2D eigenvalue weighted by atomic mass is 9.38. The van der Waals surface area contributed by atoms with E-state index in [9.17, 15) is 9.59 Å². The molecule has 0 aromatic carbocycles. The number of ketones is 2. The van der Waals surface area contributed by atoms with Crippen LogP contribution < -0.4 is 0 Å². The third-order valence-electron chi connectivity index (χ3n) is 8.74. The molecule has 3 fully saturated rings. The van der Waals surface area contributed by atoms with Crippen molar-refractivity contribution in [3.63, 3.8) is 0 Å². The molecule has 0 N–H and O–H groups in total. The molecule has 0 amide bonds. The summed E-state index contributed by atoms with van der Waals surface area (Å²) in [4.78, 5) is 27.8. The molecular formula is C28H36O6. The van der Waals surface area contributed by atoms with Crippen molar-refractivity contribution in [3.05, 3.63) is 48.6 Å². The van der Waals surface area contributed by atoms with Crippen molar-refractivity contribution in [3.8, 4) is 0 Å². The minimum Gasteiger partial charge on any atom is -0.380 e. The molecule has 34 heavy (non-hydrogen) atoms. The van der Waals surface area contributed by atoms with Gasteiger partial charge in [-0.2, -0.15) is 0 Å². The minimum absolute atomic E-state index is 0.00402. The fraction of sp³-hybridized carbons (Fsp3) is 0.643. The lowest BCUT2D eigenvalue weighted by Gasteiger charge is -2.63. The summed E-state index contributed by atoms with van der Waals surface area (Å²) >= 11 is 0. The first kappa shape index (κ1) is 23.9. The molecule has 0 radical (unpaired) electrons. The first-order valence-corrected chi connectivity index (χ1v) is 12.5. The van der Waals surface area contributed by atoms with Crippen LogP contribution >= 0.6 is 0 Å². The molecule has 6 unspecified atom stereocenters. The summed E-state index contributed by atoms with van der Waals surface area (Å²) in [5.41, 5.74) is -1.58. The van der Waals surface area contributed by atoms with Crippen LogP contribution in [0.2, 0.25) is 0 Å². The Kier molecular flexibility index (Phi) is 5.87. The van der Waals surface area contributed by atoms with E-state index < -0.39 is 22.0 Å². The Labute approximate surface area is 202 Å². The van der Waals surface area contributed by atoms with E-state index in [-0.39, 0.29) is 36.6 Å². The van der Waals surface area contributed by atoms with Gasteiger partial charge in [0.05, 0.1) is 31.8 Å². The summed E-state index contributed by atoms with van der Waals surface area (Å²) in [6, 6.07) is 0. The van der Waals surface area contributed by atoms with Gasteiger partial charge in [0.1, 0.15) is 0 Å². The van der Waals surface area contributed by atoms with Crippen molar-refractivity contribution in [1.82, 2.24) is 0 Å². The van der Waals surface area contributed by atoms with Gasteiger partial charge in [0.15, 0.2) is 22.8 Å². The number of unbranched alkanes of at least 4 members (excludes halogenated alkanes) is 2. The summed E-state index contributed by atoms with van der Waals surface area (Å²) < 4.78 is 24.0. The Bertz CT molecular complexity index is 967. The largest absolute Gasteiger partial charge is 0.380 e. The summed E-state index contributed by atoms with van der Waals surface area (Å²) in [7, 11) is 0. The minimum atomic E-state index is -0.908. The Morgan fingerprint density at radius 3 is 2.24 bits per heavy atom. The Morgan fingerprint density at radius 2 is 1.65 bits per heavy atom. The Hall–Kier alpha value is -1.86. The second kappa shape index (κ2) is 8.37. The first-order chi connectivity index (χ1) is 16.3. The molecule has 2 heterocycles. The standard InChI is InChI=1S/C28H36O6/c1-5-7-9-11-31-15-20-14-25(4)22(28(18-34-28)23(20)29)21-19(3)13-26(25,16-32-12-10-8-6-2)24(30)27(21)17-33-27/h5-6,13-14,21-22H,1-2,7-12,15-18H2,3-4H3. The van der Waals surface area contributed by atoms with Gasteiger partial charge >= 0.3 is 0 Å². The van der Waals surface area contributed by atoms with Crippen LogP contribution in [0.15, 0.2) is 48.6 Å². The highest BCUT2D eigenvalue weighted by atomic mass is 16.6. The van der Waals surface area contributed by atoms with Crippen LogP contribution in [0, 0.1) is 22.7 Å². The van der Waals surface area contributed by atoms with Crippen LogP contribution in [0.4, 0.5) is 0 Å². The molecule has 1 saturated carbocycles. The van der Waals surface area contributed by atoms with E-state index in [4.69, 9.17) is 18.9 Å². The smallest absolute Gasteiger partial charge is 0.195 e. The fourth-order valence-electron chi connectivity index (χ4n) is 7.02. The number of Topliss-reactive ketones (excluding diaryl/α,β-unsaturated/α-hetero) is 2. The zero-order valence-corrected chi connectivity index (χ0v) is 20.4. The van der Waals surface area contributed by atoms with Crippen LogP contribution in [0.25, 0.3) is 0 Å². The van der Waals surface area contributed by atoms with E-state index in [1.54, 1.807) is 0 Å². The van der Waals surface area contributed by atoms with Gasteiger partial charge in [-0.3, -0.25) is 9.59 Å². The van der Waals surface area contributed by atoms with Gasteiger partial charge in [-0.15, -0.1) is 13.2 Å². The molecule has 6 rings (SSSR count). The summed E-state index contributed by atoms with van der Waals surface area (Å²) in [6.45, 7) is 14.1. The molecule has 0 aromatic heterocycles. The highest BCUT2D eigenvalue weighted by molar-refractivity contribution is 6.08. The zero-order chi connectivity index (χ0) is 24.2. The molecule has 2 saturated heterocycles. The quantitative estimate of drug-likeness (QED) is 0.247. The van der Waals surface area contributed by atoms with Crippen LogP contribution in [0.5, 0.6) is 0 Å². The predicted molar refractivity (Wildman–Crippen MR) is 127 cm³/mol. The van der Waals surface area contributed by atoms with Crippen molar-refractivity contribution in [2.24, 2.45) is 22.7 Å². The Balaban J connectivity index is 1.52. The fourth-order valence-corrected chi connectivity index (χ4v) is 7.02. The maximum Gasteiger partial charge on any atom is 0.195 e. The second-order valence-electron chi connectivity index (χ2n) is 10.7.